The third-order valence-electron chi connectivity index (χ3n) is 6.76. The number of nitrogens with one attached hydrogen (secondary N) is 1. The Morgan fingerprint density at radius 1 is 1.09 bits per heavy atom. The van der Waals surface area contributed by atoms with Crippen molar-refractivity contribution in [2.45, 2.75) is 25.2 Å². The molecule has 2 aliphatic rings. The number of benzene rings is 2. The van der Waals surface area contributed by atoms with Gasteiger partial charge in [0, 0.05) is 49.9 Å². The summed E-state index contributed by atoms with van der Waals surface area (Å²) in [4.78, 5) is 21.6. The lowest BCUT2D eigenvalue weighted by atomic mass is 9.82. The first-order valence-electron chi connectivity index (χ1n) is 11.4. The number of pyridine rings is 1. The summed E-state index contributed by atoms with van der Waals surface area (Å²) in [7, 11) is 0. The summed E-state index contributed by atoms with van der Waals surface area (Å²) >= 11 is 0. The van der Waals surface area contributed by atoms with Crippen LogP contribution in [0.2, 0.25) is 0 Å². The van der Waals surface area contributed by atoms with Gasteiger partial charge in [-0.2, -0.15) is 13.2 Å². The zero-order valence-corrected chi connectivity index (χ0v) is 18.8. The molecule has 0 bridgehead atoms. The standard InChI is InChI=1S/C26H24F4N4O/c27-20-4-6-21(7-5-20)33-10-11-34-23-8-3-19(26(28,29)30)12-18(23)13-22(24(34)16-33)25(35)32-15-17-2-1-9-31-14-17/h1-9,12,14,22,24H,10-11,13,15-16H2,(H,32,35)/t22-,24-/m1/s1. The quantitative estimate of drug-likeness (QED) is 0.557. The summed E-state index contributed by atoms with van der Waals surface area (Å²) in [6, 6.07) is 13.4. The molecule has 1 amide bonds. The van der Waals surface area contributed by atoms with Crippen LogP contribution in [0.25, 0.3) is 0 Å². The molecular weight excluding hydrogens is 460 g/mol. The van der Waals surface area contributed by atoms with Crippen LogP contribution in [0.1, 0.15) is 16.7 Å². The van der Waals surface area contributed by atoms with Gasteiger partial charge in [0.25, 0.3) is 0 Å². The van der Waals surface area contributed by atoms with E-state index >= 15 is 0 Å². The average Bonchev–Trinajstić information content (AvgIpc) is 2.86. The van der Waals surface area contributed by atoms with Crippen molar-refractivity contribution < 1.29 is 22.4 Å². The van der Waals surface area contributed by atoms with E-state index in [2.05, 4.69) is 15.2 Å². The van der Waals surface area contributed by atoms with E-state index in [-0.39, 0.29) is 30.7 Å². The van der Waals surface area contributed by atoms with Crippen LogP contribution in [-0.4, -0.2) is 36.6 Å². The minimum absolute atomic E-state index is 0.205. The Labute approximate surface area is 200 Å². The molecule has 0 aliphatic carbocycles. The normalized spacial score (nSPS) is 19.7. The van der Waals surface area contributed by atoms with Crippen molar-refractivity contribution >= 4 is 17.3 Å². The van der Waals surface area contributed by atoms with Crippen LogP contribution in [-0.2, 0) is 23.9 Å². The highest BCUT2D eigenvalue weighted by atomic mass is 19.4. The molecule has 1 N–H and O–H groups in total. The Hall–Kier alpha value is -3.62. The molecule has 0 radical (unpaired) electrons. The minimum Gasteiger partial charge on any atom is -0.368 e. The molecule has 0 unspecified atom stereocenters. The second-order valence-corrected chi connectivity index (χ2v) is 8.91. The van der Waals surface area contributed by atoms with Gasteiger partial charge in [-0.25, -0.2) is 4.39 Å². The van der Waals surface area contributed by atoms with Crippen molar-refractivity contribution in [3.05, 3.63) is 89.5 Å². The van der Waals surface area contributed by atoms with Crippen molar-refractivity contribution in [3.8, 4) is 0 Å². The number of hydrogen-bond acceptors (Lipinski definition) is 4. The zero-order valence-electron chi connectivity index (χ0n) is 18.8. The first-order chi connectivity index (χ1) is 16.8. The smallest absolute Gasteiger partial charge is 0.368 e. The molecule has 1 fully saturated rings. The molecule has 5 rings (SSSR count). The molecule has 182 valence electrons. The molecular formula is C26H24F4N4O. The van der Waals surface area contributed by atoms with Gasteiger partial charge >= 0.3 is 6.18 Å². The van der Waals surface area contributed by atoms with Crippen LogP contribution >= 0.6 is 0 Å². The maximum Gasteiger partial charge on any atom is 0.416 e. The lowest BCUT2D eigenvalue weighted by Gasteiger charge is -2.49. The van der Waals surface area contributed by atoms with Gasteiger partial charge in [-0.15, -0.1) is 0 Å². The lowest BCUT2D eigenvalue weighted by molar-refractivity contribution is -0.137. The van der Waals surface area contributed by atoms with Gasteiger partial charge in [-0.1, -0.05) is 6.07 Å². The fraction of sp³-hybridized carbons (Fsp3) is 0.308. The predicted molar refractivity (Wildman–Crippen MR) is 124 cm³/mol. The Morgan fingerprint density at radius 3 is 2.60 bits per heavy atom. The Morgan fingerprint density at radius 2 is 1.89 bits per heavy atom. The first-order valence-corrected chi connectivity index (χ1v) is 11.4. The summed E-state index contributed by atoms with van der Waals surface area (Å²) in [5, 5.41) is 2.94. The summed E-state index contributed by atoms with van der Waals surface area (Å²) in [5.41, 5.74) is 2.23. The zero-order chi connectivity index (χ0) is 24.6. The summed E-state index contributed by atoms with van der Waals surface area (Å²) in [6.07, 6.45) is -0.942. The fourth-order valence-electron chi connectivity index (χ4n) is 5.01. The molecule has 35 heavy (non-hydrogen) atoms. The first kappa shape index (κ1) is 23.1. The van der Waals surface area contributed by atoms with Gasteiger partial charge in [0.05, 0.1) is 17.5 Å². The second-order valence-electron chi connectivity index (χ2n) is 8.91. The van der Waals surface area contributed by atoms with E-state index in [1.165, 1.54) is 24.3 Å². The Kier molecular flexibility index (Phi) is 6.08. The van der Waals surface area contributed by atoms with Crippen LogP contribution in [0.4, 0.5) is 28.9 Å². The van der Waals surface area contributed by atoms with Crippen LogP contribution in [0.15, 0.2) is 67.0 Å². The maximum absolute atomic E-state index is 13.4. The molecule has 3 aromatic rings. The summed E-state index contributed by atoms with van der Waals surface area (Å²) in [6.45, 7) is 1.92. The number of halogens is 4. The van der Waals surface area contributed by atoms with Gasteiger partial charge in [-0.3, -0.25) is 9.78 Å². The third kappa shape index (κ3) is 4.80. The van der Waals surface area contributed by atoms with E-state index in [0.29, 0.717) is 25.2 Å². The SMILES string of the molecule is O=C(NCc1cccnc1)[C@@H]1Cc2cc(C(F)(F)F)ccc2N2CCN(c3ccc(F)cc3)C[C@H]12. The van der Waals surface area contributed by atoms with Gasteiger partial charge in [0.15, 0.2) is 0 Å². The molecule has 2 aliphatic heterocycles. The number of aromatic nitrogens is 1. The number of rotatable bonds is 4. The third-order valence-corrected chi connectivity index (χ3v) is 6.76. The van der Waals surface area contributed by atoms with Gasteiger partial charge in [-0.05, 0) is 66.1 Å². The highest BCUT2D eigenvalue weighted by Gasteiger charge is 2.42. The number of nitrogens with zero attached hydrogens (tertiary/aromatic N) is 3. The van der Waals surface area contributed by atoms with Crippen LogP contribution < -0.4 is 15.1 Å². The van der Waals surface area contributed by atoms with E-state index in [1.807, 2.05) is 11.0 Å². The Bertz CT molecular complexity index is 1200. The predicted octanol–water partition coefficient (Wildman–Crippen LogP) is 4.42. The second kappa shape index (κ2) is 9.20. The topological polar surface area (TPSA) is 48.5 Å². The minimum atomic E-state index is -4.45. The van der Waals surface area contributed by atoms with E-state index in [0.717, 1.165) is 23.0 Å². The molecule has 0 saturated carbocycles. The largest absolute Gasteiger partial charge is 0.416 e. The molecule has 0 spiro atoms. The maximum atomic E-state index is 13.4. The number of amides is 1. The van der Waals surface area contributed by atoms with Crippen molar-refractivity contribution in [2.24, 2.45) is 5.92 Å². The Balaban J connectivity index is 1.44. The van der Waals surface area contributed by atoms with Gasteiger partial charge < -0.3 is 15.1 Å². The number of hydrogen-bond donors (Lipinski definition) is 1. The van der Waals surface area contributed by atoms with E-state index in [1.54, 1.807) is 30.6 Å². The van der Waals surface area contributed by atoms with E-state index in [4.69, 9.17) is 0 Å². The number of alkyl halides is 3. The number of fused-ring (bicyclic) bond motifs is 3. The van der Waals surface area contributed by atoms with E-state index in [9.17, 15) is 22.4 Å². The number of anilines is 2. The van der Waals surface area contributed by atoms with Crippen molar-refractivity contribution in [2.75, 3.05) is 29.4 Å². The molecule has 2 atom stereocenters. The summed E-state index contributed by atoms with van der Waals surface area (Å²) in [5.74, 6) is -1.09. The van der Waals surface area contributed by atoms with Crippen LogP contribution in [0.5, 0.6) is 0 Å². The molecule has 2 aromatic carbocycles. The van der Waals surface area contributed by atoms with Crippen molar-refractivity contribution in [1.29, 1.82) is 0 Å². The fourth-order valence-corrected chi connectivity index (χ4v) is 5.01. The summed E-state index contributed by atoms with van der Waals surface area (Å²) < 4.78 is 53.6. The van der Waals surface area contributed by atoms with Crippen molar-refractivity contribution in [1.82, 2.24) is 10.3 Å². The average molecular weight is 484 g/mol. The number of carbonyl (C=O) groups is 1. The number of carbonyl (C=O) groups excluding carboxylic acids is 1. The highest BCUT2D eigenvalue weighted by Crippen LogP contribution is 2.40. The monoisotopic (exact) mass is 484 g/mol. The highest BCUT2D eigenvalue weighted by molar-refractivity contribution is 5.82. The van der Waals surface area contributed by atoms with Gasteiger partial charge in [0.2, 0.25) is 5.91 Å². The van der Waals surface area contributed by atoms with Crippen LogP contribution in [0, 0.1) is 11.7 Å². The molecule has 1 aromatic heterocycles. The molecule has 3 heterocycles. The lowest BCUT2D eigenvalue weighted by Crippen LogP contribution is -2.61. The van der Waals surface area contributed by atoms with E-state index < -0.39 is 17.7 Å². The number of piperazine rings is 1. The van der Waals surface area contributed by atoms with Crippen LogP contribution in [0.3, 0.4) is 0 Å². The molecule has 9 heteroatoms. The van der Waals surface area contributed by atoms with Gasteiger partial charge in [0.1, 0.15) is 5.82 Å². The van der Waals surface area contributed by atoms with Crippen molar-refractivity contribution in [3.63, 3.8) is 0 Å². The molecule has 1 saturated heterocycles. The molecule has 5 nitrogen and oxygen atoms in total.